The highest BCUT2D eigenvalue weighted by Gasteiger charge is 2.48. The van der Waals surface area contributed by atoms with Crippen LogP contribution in [0.1, 0.15) is 50.6 Å². The van der Waals surface area contributed by atoms with E-state index in [2.05, 4.69) is 0 Å². The molecule has 0 radical (unpaired) electrons. The molecule has 0 saturated carbocycles. The van der Waals surface area contributed by atoms with E-state index in [-0.39, 0.29) is 22.4 Å². The van der Waals surface area contributed by atoms with Crippen LogP contribution in [0, 0.1) is 11.6 Å². The molecule has 2 aromatic carbocycles. The number of aliphatic hydroxyl groups excluding tert-OH is 1. The zero-order valence-corrected chi connectivity index (χ0v) is 19.8. The largest absolute Gasteiger partial charge is 0.507 e. The minimum absolute atomic E-state index is 0.0477. The number of aliphatic hydroxyl groups is 1. The first-order valence-electron chi connectivity index (χ1n) is 11.1. The van der Waals surface area contributed by atoms with E-state index in [1.54, 1.807) is 24.3 Å². The molecule has 0 spiro atoms. The molecule has 1 aliphatic rings. The van der Waals surface area contributed by atoms with E-state index in [1.165, 1.54) is 18.4 Å². The van der Waals surface area contributed by atoms with Crippen LogP contribution in [0.25, 0.3) is 5.76 Å². The van der Waals surface area contributed by atoms with Crippen molar-refractivity contribution in [2.75, 3.05) is 11.5 Å². The zero-order valence-electron chi connectivity index (χ0n) is 19.8. The maximum absolute atomic E-state index is 14.0. The van der Waals surface area contributed by atoms with E-state index in [0.717, 1.165) is 22.6 Å². The standard InChI is InChI=1S/C27H25F2NO5/c1-5-34-20-11-8-15(13-17(20)27(2,3)4)24(31)22-23(21-7-6-12-35-21)30(26(33)25(22)32)16-9-10-18(28)19(29)14-16/h6-14,23,31H,5H2,1-4H3/b24-22-. The van der Waals surface area contributed by atoms with Crippen LogP contribution in [0.5, 0.6) is 5.75 Å². The van der Waals surface area contributed by atoms with Gasteiger partial charge in [-0.05, 0) is 54.8 Å². The average molecular weight is 481 g/mol. The Labute approximate surface area is 201 Å². The Kier molecular flexibility index (Phi) is 6.23. The number of ketones is 1. The highest BCUT2D eigenvalue weighted by atomic mass is 19.2. The smallest absolute Gasteiger partial charge is 0.300 e. The molecule has 1 atom stereocenters. The van der Waals surface area contributed by atoms with Gasteiger partial charge in [0.2, 0.25) is 0 Å². The molecule has 0 aliphatic carbocycles. The zero-order chi connectivity index (χ0) is 25.5. The summed E-state index contributed by atoms with van der Waals surface area (Å²) in [6.45, 7) is 8.27. The number of ether oxygens (including phenoxy) is 1. The summed E-state index contributed by atoms with van der Waals surface area (Å²) in [5.74, 6) is -3.84. The van der Waals surface area contributed by atoms with Gasteiger partial charge in [-0.25, -0.2) is 8.78 Å². The Morgan fingerprint density at radius 1 is 1.09 bits per heavy atom. The lowest BCUT2D eigenvalue weighted by Crippen LogP contribution is -2.29. The minimum Gasteiger partial charge on any atom is -0.507 e. The normalized spacial score (nSPS) is 17.8. The van der Waals surface area contributed by atoms with Gasteiger partial charge in [0.05, 0.1) is 18.4 Å². The number of Topliss-reactive ketones (excluding diaryl/α,β-unsaturated/α-hetero) is 1. The molecule has 8 heteroatoms. The predicted molar refractivity (Wildman–Crippen MR) is 126 cm³/mol. The number of nitrogens with zero attached hydrogens (tertiary/aromatic N) is 1. The summed E-state index contributed by atoms with van der Waals surface area (Å²) in [5.41, 5.74) is 0.484. The van der Waals surface area contributed by atoms with E-state index in [4.69, 9.17) is 9.15 Å². The van der Waals surface area contributed by atoms with Crippen LogP contribution in [0.15, 0.2) is 64.8 Å². The number of benzene rings is 2. The molecule has 3 aromatic rings. The summed E-state index contributed by atoms with van der Waals surface area (Å²) in [4.78, 5) is 27.2. The molecular weight excluding hydrogens is 456 g/mol. The van der Waals surface area contributed by atoms with E-state index in [0.29, 0.717) is 17.9 Å². The topological polar surface area (TPSA) is 80.0 Å². The van der Waals surface area contributed by atoms with Gasteiger partial charge in [0, 0.05) is 22.9 Å². The van der Waals surface area contributed by atoms with Gasteiger partial charge in [-0.1, -0.05) is 20.8 Å². The monoisotopic (exact) mass is 481 g/mol. The summed E-state index contributed by atoms with van der Waals surface area (Å²) >= 11 is 0. The maximum atomic E-state index is 14.0. The Balaban J connectivity index is 1.92. The number of amides is 1. The summed E-state index contributed by atoms with van der Waals surface area (Å²) in [6.07, 6.45) is 1.36. The number of hydrogen-bond acceptors (Lipinski definition) is 5. The first-order chi connectivity index (χ1) is 16.5. The molecule has 2 heterocycles. The summed E-state index contributed by atoms with van der Waals surface area (Å²) in [6, 6.07) is 9.81. The van der Waals surface area contributed by atoms with Crippen molar-refractivity contribution in [3.8, 4) is 5.75 Å². The number of halogens is 2. The molecule has 35 heavy (non-hydrogen) atoms. The van der Waals surface area contributed by atoms with Gasteiger partial charge < -0.3 is 14.3 Å². The second kappa shape index (κ2) is 9.02. The SMILES string of the molecule is CCOc1ccc(/C(O)=C2/C(=O)C(=O)N(c3ccc(F)c(F)c3)C2c2ccco2)cc1C(C)(C)C. The summed E-state index contributed by atoms with van der Waals surface area (Å²) in [7, 11) is 0. The molecule has 0 bridgehead atoms. The Morgan fingerprint density at radius 3 is 2.43 bits per heavy atom. The van der Waals surface area contributed by atoms with Crippen LogP contribution in [0.2, 0.25) is 0 Å². The van der Waals surface area contributed by atoms with E-state index in [1.807, 2.05) is 27.7 Å². The highest BCUT2D eigenvalue weighted by Crippen LogP contribution is 2.43. The van der Waals surface area contributed by atoms with E-state index >= 15 is 0 Å². The number of rotatable bonds is 5. The molecule has 1 unspecified atom stereocenters. The Hall–Kier alpha value is -3.94. The van der Waals surface area contributed by atoms with Crippen LogP contribution in [0.4, 0.5) is 14.5 Å². The molecule has 1 N–H and O–H groups in total. The molecule has 4 rings (SSSR count). The lowest BCUT2D eigenvalue weighted by Gasteiger charge is -2.25. The fraction of sp³-hybridized carbons (Fsp3) is 0.259. The number of hydrogen-bond donors (Lipinski definition) is 1. The molecule has 6 nitrogen and oxygen atoms in total. The first kappa shape index (κ1) is 24.2. The number of furan rings is 1. The molecule has 1 aromatic heterocycles. The molecule has 1 fully saturated rings. The molecule has 182 valence electrons. The minimum atomic E-state index is -1.18. The van der Waals surface area contributed by atoms with Crippen molar-refractivity contribution in [2.45, 2.75) is 39.2 Å². The van der Waals surface area contributed by atoms with Gasteiger partial charge in [-0.2, -0.15) is 0 Å². The second-order valence-corrected chi connectivity index (χ2v) is 9.18. The highest BCUT2D eigenvalue weighted by molar-refractivity contribution is 6.51. The predicted octanol–water partition coefficient (Wildman–Crippen LogP) is 5.88. The third-order valence-corrected chi connectivity index (χ3v) is 5.80. The first-order valence-corrected chi connectivity index (χ1v) is 11.1. The van der Waals surface area contributed by atoms with Crippen LogP contribution in [-0.2, 0) is 15.0 Å². The number of carbonyl (C=O) groups is 2. The van der Waals surface area contributed by atoms with Crippen molar-refractivity contribution in [1.82, 2.24) is 0 Å². The third-order valence-electron chi connectivity index (χ3n) is 5.80. The van der Waals surface area contributed by atoms with Gasteiger partial charge in [-0.15, -0.1) is 0 Å². The van der Waals surface area contributed by atoms with Crippen molar-refractivity contribution in [3.63, 3.8) is 0 Å². The second-order valence-electron chi connectivity index (χ2n) is 9.18. The summed E-state index contributed by atoms with van der Waals surface area (Å²) in [5, 5.41) is 11.3. The maximum Gasteiger partial charge on any atom is 0.300 e. The van der Waals surface area contributed by atoms with Crippen molar-refractivity contribution < 1.29 is 32.6 Å². The van der Waals surface area contributed by atoms with Crippen molar-refractivity contribution in [3.05, 3.63) is 88.9 Å². The van der Waals surface area contributed by atoms with Crippen LogP contribution < -0.4 is 9.64 Å². The lowest BCUT2D eigenvalue weighted by molar-refractivity contribution is -0.132. The fourth-order valence-electron chi connectivity index (χ4n) is 4.15. The van der Waals surface area contributed by atoms with Crippen LogP contribution in [0.3, 0.4) is 0 Å². The quantitative estimate of drug-likeness (QED) is 0.280. The van der Waals surface area contributed by atoms with E-state index < -0.39 is 35.1 Å². The van der Waals surface area contributed by atoms with Crippen molar-refractivity contribution >= 4 is 23.1 Å². The molecule has 1 saturated heterocycles. The average Bonchev–Trinajstić information content (AvgIpc) is 3.42. The van der Waals surface area contributed by atoms with Gasteiger partial charge in [0.1, 0.15) is 23.3 Å². The number of carbonyl (C=O) groups excluding carboxylic acids is 2. The molecular formula is C27H25F2NO5. The van der Waals surface area contributed by atoms with E-state index in [9.17, 15) is 23.5 Å². The molecule has 1 aliphatic heterocycles. The van der Waals surface area contributed by atoms with Crippen molar-refractivity contribution in [2.24, 2.45) is 0 Å². The lowest BCUT2D eigenvalue weighted by atomic mass is 9.84. The van der Waals surface area contributed by atoms with Crippen LogP contribution >= 0.6 is 0 Å². The van der Waals surface area contributed by atoms with Gasteiger partial charge in [0.25, 0.3) is 11.7 Å². The van der Waals surface area contributed by atoms with Gasteiger partial charge in [0.15, 0.2) is 11.6 Å². The Morgan fingerprint density at radius 2 is 1.83 bits per heavy atom. The Bertz CT molecular complexity index is 1320. The molecule has 1 amide bonds. The van der Waals surface area contributed by atoms with Gasteiger partial charge in [-0.3, -0.25) is 14.5 Å². The number of anilines is 1. The van der Waals surface area contributed by atoms with Crippen molar-refractivity contribution in [1.29, 1.82) is 0 Å². The fourth-order valence-corrected chi connectivity index (χ4v) is 4.15. The van der Waals surface area contributed by atoms with Gasteiger partial charge >= 0.3 is 0 Å². The van der Waals surface area contributed by atoms with Crippen LogP contribution in [-0.4, -0.2) is 23.4 Å². The third kappa shape index (κ3) is 4.32. The summed E-state index contributed by atoms with van der Waals surface area (Å²) < 4.78 is 38.8.